The Bertz CT molecular complexity index is 841. The number of nitrogens with zero attached hydrogens (tertiary/aromatic N) is 2. The molecule has 0 saturated carbocycles. The molecule has 2 heterocycles. The molecule has 1 saturated heterocycles. The lowest BCUT2D eigenvalue weighted by molar-refractivity contribution is -0.133. The van der Waals surface area contributed by atoms with Gasteiger partial charge in [0.25, 0.3) is 5.91 Å². The number of benzene rings is 1. The molecule has 0 spiro atoms. The number of anilines is 1. The molecule has 3 rings (SSSR count). The number of nitrogens with one attached hydrogen (secondary N) is 2. The lowest BCUT2D eigenvalue weighted by Gasteiger charge is -2.19. The van der Waals surface area contributed by atoms with Gasteiger partial charge >= 0.3 is 6.03 Å². The Morgan fingerprint density at radius 3 is 2.71 bits per heavy atom. The summed E-state index contributed by atoms with van der Waals surface area (Å²) in [6, 6.07) is 6.97. The van der Waals surface area contributed by atoms with E-state index in [1.54, 1.807) is 13.0 Å². The summed E-state index contributed by atoms with van der Waals surface area (Å²) in [6.07, 6.45) is 2.38. The second-order valence-corrected chi connectivity index (χ2v) is 6.22. The lowest BCUT2D eigenvalue weighted by atomic mass is 9.99. The monoisotopic (exact) mass is 328 g/mol. The maximum atomic E-state index is 12.3. The summed E-state index contributed by atoms with van der Waals surface area (Å²) < 4.78 is 1.95. The molecule has 0 aliphatic carbocycles. The van der Waals surface area contributed by atoms with E-state index in [1.807, 2.05) is 42.9 Å². The molecule has 24 heavy (non-hydrogen) atoms. The predicted octanol–water partition coefficient (Wildman–Crippen LogP) is 1.84. The lowest BCUT2D eigenvalue weighted by Crippen LogP contribution is -2.44. The van der Waals surface area contributed by atoms with E-state index in [-0.39, 0.29) is 12.5 Å². The van der Waals surface area contributed by atoms with Crippen LogP contribution in [0.2, 0.25) is 0 Å². The minimum Gasteiger partial charge on any atom is -0.350 e. The molecule has 0 bridgehead atoms. The van der Waals surface area contributed by atoms with Gasteiger partial charge in [-0.1, -0.05) is 13.0 Å². The summed E-state index contributed by atoms with van der Waals surface area (Å²) in [6.45, 7) is 3.18. The zero-order valence-electron chi connectivity index (χ0n) is 13.9. The number of hydrogen-bond acceptors (Lipinski definition) is 3. The molecule has 2 N–H and O–H groups in total. The van der Waals surface area contributed by atoms with Crippen LogP contribution in [0.1, 0.15) is 20.3 Å². The number of carbonyl (C=O) groups is 3. The molecule has 1 aromatic carbocycles. The Balaban J connectivity index is 1.76. The zero-order valence-corrected chi connectivity index (χ0v) is 13.9. The summed E-state index contributed by atoms with van der Waals surface area (Å²) in [5.41, 5.74) is 0.710. The summed E-state index contributed by atoms with van der Waals surface area (Å²) in [5.74, 6) is -0.779. The number of imide groups is 1. The maximum Gasteiger partial charge on any atom is 0.325 e. The molecule has 0 radical (unpaired) electrons. The number of hydrogen-bond donors (Lipinski definition) is 2. The first-order chi connectivity index (χ1) is 11.4. The van der Waals surface area contributed by atoms with E-state index in [4.69, 9.17) is 0 Å². The topological polar surface area (TPSA) is 83.4 Å². The second-order valence-electron chi connectivity index (χ2n) is 6.22. The van der Waals surface area contributed by atoms with Crippen LogP contribution in [0.15, 0.2) is 30.5 Å². The standard InChI is InChI=1S/C17H20N4O3/c1-4-17(2)15(23)21(16(24)19-17)10-14(22)18-12-6-5-7-13-11(12)8-9-20(13)3/h5-9H,4,10H2,1-3H3,(H,18,22)(H,19,24)/t17-/m0/s1. The van der Waals surface area contributed by atoms with Gasteiger partial charge in [0.15, 0.2) is 0 Å². The van der Waals surface area contributed by atoms with Crippen LogP contribution >= 0.6 is 0 Å². The van der Waals surface area contributed by atoms with Gasteiger partial charge in [-0.15, -0.1) is 0 Å². The molecule has 7 heteroatoms. The van der Waals surface area contributed by atoms with Crippen LogP contribution in [0.25, 0.3) is 10.9 Å². The molecule has 126 valence electrons. The minimum absolute atomic E-state index is 0.302. The first-order valence-corrected chi connectivity index (χ1v) is 7.84. The average Bonchev–Trinajstić information content (AvgIpc) is 3.02. The number of amides is 4. The Morgan fingerprint density at radius 2 is 2.04 bits per heavy atom. The van der Waals surface area contributed by atoms with Gasteiger partial charge in [0.1, 0.15) is 12.1 Å². The fraction of sp³-hybridized carbons (Fsp3) is 0.353. The quantitative estimate of drug-likeness (QED) is 0.840. The fourth-order valence-corrected chi connectivity index (χ4v) is 2.87. The Labute approximate surface area is 139 Å². The Morgan fingerprint density at radius 1 is 1.29 bits per heavy atom. The van der Waals surface area contributed by atoms with Gasteiger partial charge in [0, 0.05) is 24.1 Å². The number of aromatic nitrogens is 1. The van der Waals surface area contributed by atoms with Gasteiger partial charge < -0.3 is 15.2 Å². The summed E-state index contributed by atoms with van der Waals surface area (Å²) in [4.78, 5) is 37.6. The van der Waals surface area contributed by atoms with Gasteiger partial charge in [0.05, 0.1) is 5.69 Å². The van der Waals surface area contributed by atoms with Crippen molar-refractivity contribution in [1.29, 1.82) is 0 Å². The minimum atomic E-state index is -0.934. The van der Waals surface area contributed by atoms with Crippen molar-refractivity contribution in [3.63, 3.8) is 0 Å². The van der Waals surface area contributed by atoms with Gasteiger partial charge in [0.2, 0.25) is 5.91 Å². The van der Waals surface area contributed by atoms with Crippen molar-refractivity contribution in [2.24, 2.45) is 7.05 Å². The van der Waals surface area contributed by atoms with E-state index in [2.05, 4.69) is 10.6 Å². The normalized spacial score (nSPS) is 20.5. The van der Waals surface area contributed by atoms with Gasteiger partial charge in [-0.2, -0.15) is 0 Å². The van der Waals surface area contributed by atoms with Crippen molar-refractivity contribution < 1.29 is 14.4 Å². The molecule has 0 unspecified atom stereocenters. The molecular weight excluding hydrogens is 308 g/mol. The van der Waals surface area contributed by atoms with Crippen LogP contribution in [0.4, 0.5) is 10.5 Å². The van der Waals surface area contributed by atoms with Gasteiger partial charge in [-0.05, 0) is 31.5 Å². The molecule has 1 aromatic heterocycles. The van der Waals surface area contributed by atoms with E-state index in [0.29, 0.717) is 12.1 Å². The fourth-order valence-electron chi connectivity index (χ4n) is 2.87. The second kappa shape index (κ2) is 5.67. The summed E-state index contributed by atoms with van der Waals surface area (Å²) >= 11 is 0. The van der Waals surface area contributed by atoms with Crippen molar-refractivity contribution in [3.8, 4) is 0 Å². The maximum absolute atomic E-state index is 12.3. The Hall–Kier alpha value is -2.83. The largest absolute Gasteiger partial charge is 0.350 e. The van der Waals surface area contributed by atoms with Crippen molar-refractivity contribution in [2.75, 3.05) is 11.9 Å². The van der Waals surface area contributed by atoms with E-state index in [1.165, 1.54) is 0 Å². The Kier molecular flexibility index (Phi) is 3.79. The number of carbonyl (C=O) groups excluding carboxylic acids is 3. The van der Waals surface area contributed by atoms with E-state index in [9.17, 15) is 14.4 Å². The van der Waals surface area contributed by atoms with Crippen molar-refractivity contribution in [2.45, 2.75) is 25.8 Å². The number of urea groups is 1. The highest BCUT2D eigenvalue weighted by Gasteiger charge is 2.46. The van der Waals surface area contributed by atoms with Gasteiger partial charge in [-0.3, -0.25) is 14.5 Å². The van der Waals surface area contributed by atoms with Crippen LogP contribution in [-0.2, 0) is 16.6 Å². The zero-order chi connectivity index (χ0) is 17.5. The molecule has 2 aromatic rings. The average molecular weight is 328 g/mol. The van der Waals surface area contributed by atoms with Gasteiger partial charge in [-0.25, -0.2) is 4.79 Å². The predicted molar refractivity (Wildman–Crippen MR) is 90.5 cm³/mol. The SMILES string of the molecule is CC[C@]1(C)NC(=O)N(CC(=O)Nc2cccc3c2ccn3C)C1=O. The molecule has 1 aliphatic heterocycles. The highest BCUT2D eigenvalue weighted by molar-refractivity contribution is 6.10. The summed E-state index contributed by atoms with van der Waals surface area (Å²) in [5, 5.41) is 6.33. The van der Waals surface area contributed by atoms with E-state index < -0.39 is 17.5 Å². The van der Waals surface area contributed by atoms with Crippen LogP contribution in [0.5, 0.6) is 0 Å². The van der Waals surface area contributed by atoms with Crippen LogP contribution < -0.4 is 10.6 Å². The number of rotatable bonds is 4. The van der Waals surface area contributed by atoms with Crippen LogP contribution in [-0.4, -0.2) is 39.4 Å². The van der Waals surface area contributed by atoms with E-state index >= 15 is 0 Å². The first-order valence-electron chi connectivity index (χ1n) is 7.84. The van der Waals surface area contributed by atoms with Crippen LogP contribution in [0.3, 0.4) is 0 Å². The molecule has 7 nitrogen and oxygen atoms in total. The smallest absolute Gasteiger partial charge is 0.325 e. The highest BCUT2D eigenvalue weighted by Crippen LogP contribution is 2.24. The number of fused-ring (bicyclic) bond motifs is 1. The number of aryl methyl sites for hydroxylation is 1. The summed E-state index contributed by atoms with van der Waals surface area (Å²) in [7, 11) is 1.92. The van der Waals surface area contributed by atoms with Crippen molar-refractivity contribution in [1.82, 2.24) is 14.8 Å². The third-order valence-electron chi connectivity index (χ3n) is 4.56. The molecule has 1 aliphatic rings. The molecule has 1 fully saturated rings. The third kappa shape index (κ3) is 2.51. The molecule has 4 amide bonds. The van der Waals surface area contributed by atoms with Crippen molar-refractivity contribution >= 4 is 34.4 Å². The first kappa shape index (κ1) is 16.0. The van der Waals surface area contributed by atoms with Crippen molar-refractivity contribution in [3.05, 3.63) is 30.5 Å². The highest BCUT2D eigenvalue weighted by atomic mass is 16.2. The van der Waals surface area contributed by atoms with Crippen LogP contribution in [0, 0.1) is 0 Å². The third-order valence-corrected chi connectivity index (χ3v) is 4.56. The molecule has 1 atom stereocenters. The van der Waals surface area contributed by atoms with E-state index in [0.717, 1.165) is 15.8 Å². The molecular formula is C17H20N4O3.